The van der Waals surface area contributed by atoms with Gasteiger partial charge in [0.25, 0.3) is 5.91 Å². The van der Waals surface area contributed by atoms with Gasteiger partial charge in [0, 0.05) is 51.3 Å². The van der Waals surface area contributed by atoms with Crippen molar-refractivity contribution in [1.82, 2.24) is 15.0 Å². The Morgan fingerprint density at radius 1 is 1.12 bits per heavy atom. The van der Waals surface area contributed by atoms with Gasteiger partial charge in [-0.25, -0.2) is 0 Å². The van der Waals surface area contributed by atoms with Gasteiger partial charge >= 0.3 is 0 Å². The number of halogens is 1. The van der Waals surface area contributed by atoms with Gasteiger partial charge in [0.05, 0.1) is 11.1 Å². The lowest BCUT2D eigenvalue weighted by Gasteiger charge is -2.25. The summed E-state index contributed by atoms with van der Waals surface area (Å²) >= 11 is 6.25. The summed E-state index contributed by atoms with van der Waals surface area (Å²) in [6.07, 6.45) is 2.01. The Hall–Kier alpha value is -3.16. The van der Waals surface area contributed by atoms with Crippen LogP contribution >= 0.6 is 11.6 Å². The molecule has 8 heteroatoms. The van der Waals surface area contributed by atoms with Crippen LogP contribution in [-0.2, 0) is 16.1 Å². The molecule has 7 nitrogen and oxygen atoms in total. The second-order valence-electron chi connectivity index (χ2n) is 8.43. The van der Waals surface area contributed by atoms with Gasteiger partial charge < -0.3 is 19.1 Å². The highest BCUT2D eigenvalue weighted by molar-refractivity contribution is 6.33. The first-order valence-corrected chi connectivity index (χ1v) is 11.8. The van der Waals surface area contributed by atoms with Crippen LogP contribution in [0.25, 0.3) is 11.3 Å². The van der Waals surface area contributed by atoms with Gasteiger partial charge in [-0.05, 0) is 30.5 Å². The SMILES string of the molecule is CN(Cc1ccccc1)C(=O)CCN(CC1CCCO1)C(=O)c1cc(-c2ccccc2Cl)on1. The van der Waals surface area contributed by atoms with Crippen LogP contribution < -0.4 is 0 Å². The lowest BCUT2D eigenvalue weighted by atomic mass is 10.1. The van der Waals surface area contributed by atoms with Gasteiger partial charge in [0.2, 0.25) is 5.91 Å². The number of rotatable bonds is 9. The topological polar surface area (TPSA) is 75.9 Å². The van der Waals surface area contributed by atoms with E-state index in [1.807, 2.05) is 48.5 Å². The average Bonchev–Trinajstić information content (AvgIpc) is 3.54. The van der Waals surface area contributed by atoms with Crippen molar-refractivity contribution in [2.75, 3.05) is 26.7 Å². The quantitative estimate of drug-likeness (QED) is 0.444. The summed E-state index contributed by atoms with van der Waals surface area (Å²) in [6.45, 7) is 1.88. The number of hydrogen-bond acceptors (Lipinski definition) is 5. The number of benzene rings is 2. The van der Waals surface area contributed by atoms with Crippen LogP contribution in [0.15, 0.2) is 65.2 Å². The Bertz CT molecular complexity index is 1110. The zero-order chi connectivity index (χ0) is 23.9. The van der Waals surface area contributed by atoms with E-state index in [0.717, 1.165) is 18.4 Å². The van der Waals surface area contributed by atoms with E-state index >= 15 is 0 Å². The number of carbonyl (C=O) groups is 2. The van der Waals surface area contributed by atoms with E-state index in [0.29, 0.717) is 36.0 Å². The molecule has 1 aliphatic heterocycles. The molecule has 1 saturated heterocycles. The van der Waals surface area contributed by atoms with E-state index < -0.39 is 0 Å². The maximum atomic E-state index is 13.3. The number of hydrogen-bond donors (Lipinski definition) is 0. The summed E-state index contributed by atoms with van der Waals surface area (Å²) in [4.78, 5) is 29.4. The maximum Gasteiger partial charge on any atom is 0.276 e. The summed E-state index contributed by atoms with van der Waals surface area (Å²) in [7, 11) is 1.77. The Kier molecular flexibility index (Phi) is 7.98. The van der Waals surface area contributed by atoms with Crippen LogP contribution in [0.4, 0.5) is 0 Å². The second-order valence-corrected chi connectivity index (χ2v) is 8.84. The smallest absolute Gasteiger partial charge is 0.276 e. The van der Waals surface area contributed by atoms with Crippen molar-refractivity contribution in [3.05, 3.63) is 76.9 Å². The van der Waals surface area contributed by atoms with Crippen LogP contribution in [0.3, 0.4) is 0 Å². The van der Waals surface area contributed by atoms with E-state index in [4.69, 9.17) is 20.9 Å². The van der Waals surface area contributed by atoms with Crippen molar-refractivity contribution in [2.24, 2.45) is 0 Å². The predicted molar refractivity (Wildman–Crippen MR) is 129 cm³/mol. The molecule has 0 saturated carbocycles. The minimum atomic E-state index is -0.295. The molecule has 1 aromatic heterocycles. The first-order chi connectivity index (χ1) is 16.5. The fourth-order valence-corrected chi connectivity index (χ4v) is 4.23. The largest absolute Gasteiger partial charge is 0.376 e. The molecular weight excluding hydrogens is 454 g/mol. The first-order valence-electron chi connectivity index (χ1n) is 11.4. The van der Waals surface area contributed by atoms with Crippen molar-refractivity contribution >= 4 is 23.4 Å². The van der Waals surface area contributed by atoms with Crippen molar-refractivity contribution < 1.29 is 18.8 Å². The fourth-order valence-electron chi connectivity index (χ4n) is 4.00. The zero-order valence-corrected chi connectivity index (χ0v) is 19.9. The first kappa shape index (κ1) is 24.0. The van der Waals surface area contributed by atoms with Crippen LogP contribution in [0.5, 0.6) is 0 Å². The van der Waals surface area contributed by atoms with Crippen molar-refractivity contribution in [1.29, 1.82) is 0 Å². The minimum Gasteiger partial charge on any atom is -0.376 e. The molecule has 0 radical (unpaired) electrons. The number of carbonyl (C=O) groups excluding carboxylic acids is 2. The Morgan fingerprint density at radius 3 is 2.62 bits per heavy atom. The van der Waals surface area contributed by atoms with Gasteiger partial charge in [-0.3, -0.25) is 9.59 Å². The normalized spacial score (nSPS) is 15.3. The third-order valence-corrected chi connectivity index (χ3v) is 6.22. The van der Waals surface area contributed by atoms with Gasteiger partial charge in [0.1, 0.15) is 0 Å². The van der Waals surface area contributed by atoms with E-state index in [-0.39, 0.29) is 36.6 Å². The highest BCUT2D eigenvalue weighted by atomic mass is 35.5. The maximum absolute atomic E-state index is 13.3. The predicted octanol–water partition coefficient (Wildman–Crippen LogP) is 4.66. The van der Waals surface area contributed by atoms with Gasteiger partial charge in [-0.2, -0.15) is 0 Å². The van der Waals surface area contributed by atoms with Crippen LogP contribution in [-0.4, -0.2) is 59.6 Å². The molecule has 178 valence electrons. The average molecular weight is 482 g/mol. The van der Waals surface area contributed by atoms with Crippen LogP contribution in [0.2, 0.25) is 5.02 Å². The molecule has 0 N–H and O–H groups in total. The van der Waals surface area contributed by atoms with Gasteiger partial charge in [-0.15, -0.1) is 0 Å². The molecule has 2 amide bonds. The summed E-state index contributed by atoms with van der Waals surface area (Å²) in [5, 5.41) is 4.50. The van der Waals surface area contributed by atoms with Crippen molar-refractivity contribution in [3.8, 4) is 11.3 Å². The Morgan fingerprint density at radius 2 is 1.88 bits per heavy atom. The van der Waals surface area contributed by atoms with Crippen LogP contribution in [0, 0.1) is 0 Å². The third-order valence-electron chi connectivity index (χ3n) is 5.89. The molecule has 1 aliphatic rings. The summed E-state index contributed by atoms with van der Waals surface area (Å²) in [6, 6.07) is 18.6. The molecule has 2 heterocycles. The molecule has 0 spiro atoms. The number of aromatic nitrogens is 1. The zero-order valence-electron chi connectivity index (χ0n) is 19.2. The number of amides is 2. The molecule has 0 bridgehead atoms. The Labute approximate surface area is 204 Å². The lowest BCUT2D eigenvalue weighted by Crippen LogP contribution is -2.40. The van der Waals surface area contributed by atoms with Crippen LogP contribution in [0.1, 0.15) is 35.3 Å². The summed E-state index contributed by atoms with van der Waals surface area (Å²) < 4.78 is 11.2. The molecule has 3 aromatic rings. The summed E-state index contributed by atoms with van der Waals surface area (Å²) in [5.74, 6) is 0.0895. The second kappa shape index (κ2) is 11.3. The number of ether oxygens (including phenoxy) is 1. The lowest BCUT2D eigenvalue weighted by molar-refractivity contribution is -0.130. The van der Waals surface area contributed by atoms with Crippen molar-refractivity contribution in [3.63, 3.8) is 0 Å². The van der Waals surface area contributed by atoms with Gasteiger partial charge in [-0.1, -0.05) is 59.2 Å². The highest BCUT2D eigenvalue weighted by Crippen LogP contribution is 2.28. The summed E-state index contributed by atoms with van der Waals surface area (Å²) in [5.41, 5.74) is 1.90. The monoisotopic (exact) mass is 481 g/mol. The minimum absolute atomic E-state index is 0.0362. The van der Waals surface area contributed by atoms with E-state index in [1.165, 1.54) is 0 Å². The molecule has 1 unspecified atom stereocenters. The molecule has 1 atom stereocenters. The molecular formula is C26H28ClN3O4. The number of nitrogens with zero attached hydrogens (tertiary/aromatic N) is 3. The third kappa shape index (κ3) is 6.04. The van der Waals surface area contributed by atoms with E-state index in [1.54, 1.807) is 29.0 Å². The molecule has 1 fully saturated rings. The van der Waals surface area contributed by atoms with E-state index in [2.05, 4.69) is 5.16 Å². The van der Waals surface area contributed by atoms with Gasteiger partial charge in [0.15, 0.2) is 11.5 Å². The highest BCUT2D eigenvalue weighted by Gasteiger charge is 2.27. The molecule has 34 heavy (non-hydrogen) atoms. The molecule has 0 aliphatic carbocycles. The molecule has 4 rings (SSSR count). The Balaban J connectivity index is 1.43. The van der Waals surface area contributed by atoms with Crippen molar-refractivity contribution in [2.45, 2.75) is 31.9 Å². The fraction of sp³-hybridized carbons (Fsp3) is 0.346. The molecule has 2 aromatic carbocycles. The van der Waals surface area contributed by atoms with E-state index in [9.17, 15) is 9.59 Å². The standard InChI is InChI=1S/C26H28ClN3O4/c1-29(17-19-8-3-2-4-9-19)25(31)13-14-30(18-20-10-7-15-33-20)26(32)23-16-24(34-28-23)21-11-5-6-12-22(21)27/h2-6,8-9,11-12,16,20H,7,10,13-15,17-18H2,1H3.